The SMILES string of the molecule is Cc1noc(C)c1COC(=O)c1ccc(N2CCOCC2)c([N+](=O)[O-])c1. The first kappa shape index (κ1) is 17.9. The van der Waals surface area contributed by atoms with Crippen LogP contribution in [0.2, 0.25) is 0 Å². The lowest BCUT2D eigenvalue weighted by Crippen LogP contribution is -2.36. The number of nitro groups is 1. The van der Waals surface area contributed by atoms with E-state index in [-0.39, 0.29) is 17.9 Å². The van der Waals surface area contributed by atoms with Crippen molar-refractivity contribution in [1.29, 1.82) is 0 Å². The second kappa shape index (κ2) is 7.52. The van der Waals surface area contributed by atoms with Gasteiger partial charge in [0.15, 0.2) is 0 Å². The van der Waals surface area contributed by atoms with Crippen LogP contribution in [0, 0.1) is 24.0 Å². The van der Waals surface area contributed by atoms with Crippen molar-refractivity contribution < 1.29 is 23.7 Å². The maximum atomic E-state index is 12.3. The van der Waals surface area contributed by atoms with Crippen LogP contribution in [0.15, 0.2) is 22.7 Å². The number of ether oxygens (including phenoxy) is 2. The molecule has 0 radical (unpaired) electrons. The number of aryl methyl sites for hydroxylation is 2. The molecule has 0 bridgehead atoms. The molecule has 1 fully saturated rings. The van der Waals surface area contributed by atoms with Crippen molar-refractivity contribution in [1.82, 2.24) is 5.16 Å². The molecule has 3 rings (SSSR count). The molecule has 0 N–H and O–H groups in total. The van der Waals surface area contributed by atoms with Gasteiger partial charge in [-0.25, -0.2) is 4.79 Å². The van der Waals surface area contributed by atoms with Gasteiger partial charge in [-0.05, 0) is 26.0 Å². The van der Waals surface area contributed by atoms with Crippen LogP contribution < -0.4 is 4.90 Å². The van der Waals surface area contributed by atoms with Gasteiger partial charge in [0.1, 0.15) is 18.1 Å². The highest BCUT2D eigenvalue weighted by Crippen LogP contribution is 2.30. The number of rotatable bonds is 5. The first-order chi connectivity index (χ1) is 12.5. The third kappa shape index (κ3) is 3.67. The van der Waals surface area contributed by atoms with Gasteiger partial charge in [-0.3, -0.25) is 10.1 Å². The van der Waals surface area contributed by atoms with E-state index in [1.54, 1.807) is 19.9 Å². The standard InChI is InChI=1S/C17H19N3O6/c1-11-14(12(2)26-18-11)10-25-17(21)13-3-4-15(16(9-13)20(22)23)19-5-7-24-8-6-19/h3-4,9H,5-8,10H2,1-2H3. The summed E-state index contributed by atoms with van der Waals surface area (Å²) in [5.74, 6) is -0.0643. The molecule has 1 aromatic heterocycles. The molecule has 0 saturated carbocycles. The fourth-order valence-corrected chi connectivity index (χ4v) is 2.80. The molecule has 9 heteroatoms. The molecule has 0 spiro atoms. The summed E-state index contributed by atoms with van der Waals surface area (Å²) in [4.78, 5) is 25.1. The quantitative estimate of drug-likeness (QED) is 0.454. The summed E-state index contributed by atoms with van der Waals surface area (Å²) in [6.07, 6.45) is 0. The summed E-state index contributed by atoms with van der Waals surface area (Å²) in [6, 6.07) is 4.36. The third-order valence-corrected chi connectivity index (χ3v) is 4.29. The average molecular weight is 361 g/mol. The van der Waals surface area contributed by atoms with E-state index in [1.807, 2.05) is 4.90 Å². The van der Waals surface area contributed by atoms with E-state index in [9.17, 15) is 14.9 Å². The highest BCUT2D eigenvalue weighted by molar-refractivity contribution is 5.91. The summed E-state index contributed by atoms with van der Waals surface area (Å²) in [5.41, 5.74) is 1.81. The lowest BCUT2D eigenvalue weighted by molar-refractivity contribution is -0.384. The summed E-state index contributed by atoms with van der Waals surface area (Å²) >= 11 is 0. The van der Waals surface area contributed by atoms with Crippen LogP contribution in [0.25, 0.3) is 0 Å². The molecule has 0 aliphatic carbocycles. The topological polar surface area (TPSA) is 108 Å². The van der Waals surface area contributed by atoms with Crippen LogP contribution >= 0.6 is 0 Å². The highest BCUT2D eigenvalue weighted by atomic mass is 16.6. The number of nitro benzene ring substituents is 1. The molecule has 9 nitrogen and oxygen atoms in total. The minimum atomic E-state index is -0.637. The number of carbonyl (C=O) groups excluding carboxylic acids is 1. The van der Waals surface area contributed by atoms with Gasteiger partial charge >= 0.3 is 5.97 Å². The lowest BCUT2D eigenvalue weighted by atomic mass is 10.1. The molecule has 0 atom stereocenters. The van der Waals surface area contributed by atoms with Crippen molar-refractivity contribution in [3.63, 3.8) is 0 Å². The average Bonchev–Trinajstić information content (AvgIpc) is 2.97. The zero-order valence-electron chi connectivity index (χ0n) is 14.6. The Labute approximate surface area is 149 Å². The van der Waals surface area contributed by atoms with Crippen molar-refractivity contribution >= 4 is 17.3 Å². The Balaban J connectivity index is 1.78. The molecular weight excluding hydrogens is 342 g/mol. The predicted octanol–water partition coefficient (Wildman–Crippen LogP) is 2.39. The maximum absolute atomic E-state index is 12.3. The summed E-state index contributed by atoms with van der Waals surface area (Å²) in [6.45, 7) is 5.63. The van der Waals surface area contributed by atoms with Crippen LogP contribution in [0.5, 0.6) is 0 Å². The minimum Gasteiger partial charge on any atom is -0.457 e. The minimum absolute atomic E-state index is 0.000979. The highest BCUT2D eigenvalue weighted by Gasteiger charge is 2.24. The lowest BCUT2D eigenvalue weighted by Gasteiger charge is -2.28. The molecule has 138 valence electrons. The fraction of sp³-hybridized carbons (Fsp3) is 0.412. The van der Waals surface area contributed by atoms with Crippen LogP contribution in [-0.2, 0) is 16.1 Å². The number of aromatic nitrogens is 1. The fourth-order valence-electron chi connectivity index (χ4n) is 2.80. The monoisotopic (exact) mass is 361 g/mol. The van der Waals surface area contributed by atoms with E-state index < -0.39 is 10.9 Å². The Morgan fingerprint density at radius 3 is 2.69 bits per heavy atom. The molecular formula is C17H19N3O6. The smallest absolute Gasteiger partial charge is 0.338 e. The van der Waals surface area contributed by atoms with Crippen LogP contribution in [0.3, 0.4) is 0 Å². The number of anilines is 1. The molecule has 2 aromatic rings. The number of morpholine rings is 1. The van der Waals surface area contributed by atoms with Gasteiger partial charge in [-0.15, -0.1) is 0 Å². The van der Waals surface area contributed by atoms with Crippen molar-refractivity contribution in [3.05, 3.63) is 50.9 Å². The Morgan fingerprint density at radius 2 is 2.08 bits per heavy atom. The van der Waals surface area contributed by atoms with Crippen molar-refractivity contribution in [2.75, 3.05) is 31.2 Å². The van der Waals surface area contributed by atoms with E-state index in [0.717, 1.165) is 0 Å². The van der Waals surface area contributed by atoms with E-state index in [2.05, 4.69) is 5.16 Å². The number of carbonyl (C=O) groups is 1. The van der Waals surface area contributed by atoms with E-state index in [1.165, 1.54) is 12.1 Å². The number of nitrogens with zero attached hydrogens (tertiary/aromatic N) is 3. The van der Waals surface area contributed by atoms with Gasteiger partial charge in [0.2, 0.25) is 0 Å². The van der Waals surface area contributed by atoms with Gasteiger partial charge in [-0.1, -0.05) is 5.16 Å². The zero-order chi connectivity index (χ0) is 18.7. The molecule has 0 unspecified atom stereocenters. The van der Waals surface area contributed by atoms with E-state index in [0.29, 0.717) is 49.0 Å². The molecule has 1 saturated heterocycles. The van der Waals surface area contributed by atoms with Gasteiger partial charge in [0.25, 0.3) is 5.69 Å². The number of benzene rings is 1. The normalized spacial score (nSPS) is 14.3. The Kier molecular flexibility index (Phi) is 5.17. The second-order valence-electron chi connectivity index (χ2n) is 5.94. The van der Waals surface area contributed by atoms with Crippen LogP contribution in [-0.4, -0.2) is 42.4 Å². The third-order valence-electron chi connectivity index (χ3n) is 4.29. The largest absolute Gasteiger partial charge is 0.457 e. The van der Waals surface area contributed by atoms with Crippen molar-refractivity contribution in [2.45, 2.75) is 20.5 Å². The molecule has 1 aliphatic heterocycles. The molecule has 2 heterocycles. The van der Waals surface area contributed by atoms with Gasteiger partial charge in [0, 0.05) is 19.2 Å². The first-order valence-corrected chi connectivity index (χ1v) is 8.17. The molecule has 0 amide bonds. The predicted molar refractivity (Wildman–Crippen MR) is 91.2 cm³/mol. The Bertz CT molecular complexity index is 806. The number of hydrogen-bond acceptors (Lipinski definition) is 8. The van der Waals surface area contributed by atoms with Gasteiger partial charge in [0.05, 0.1) is 35.0 Å². The number of esters is 1. The number of hydrogen-bond donors (Lipinski definition) is 0. The summed E-state index contributed by atoms with van der Waals surface area (Å²) in [7, 11) is 0. The molecule has 1 aromatic carbocycles. The Morgan fingerprint density at radius 1 is 1.35 bits per heavy atom. The van der Waals surface area contributed by atoms with E-state index >= 15 is 0 Å². The maximum Gasteiger partial charge on any atom is 0.338 e. The van der Waals surface area contributed by atoms with Gasteiger partial charge < -0.3 is 18.9 Å². The molecule has 1 aliphatic rings. The summed E-state index contributed by atoms with van der Waals surface area (Å²) < 4.78 is 15.6. The first-order valence-electron chi connectivity index (χ1n) is 8.17. The van der Waals surface area contributed by atoms with Crippen LogP contribution in [0.4, 0.5) is 11.4 Å². The molecule has 26 heavy (non-hydrogen) atoms. The van der Waals surface area contributed by atoms with Crippen LogP contribution in [0.1, 0.15) is 27.4 Å². The summed E-state index contributed by atoms with van der Waals surface area (Å²) in [5, 5.41) is 15.2. The second-order valence-corrected chi connectivity index (χ2v) is 5.94. The van der Waals surface area contributed by atoms with Gasteiger partial charge in [-0.2, -0.15) is 0 Å². The van der Waals surface area contributed by atoms with Crippen molar-refractivity contribution in [2.24, 2.45) is 0 Å². The van der Waals surface area contributed by atoms with E-state index in [4.69, 9.17) is 14.0 Å². The zero-order valence-corrected chi connectivity index (χ0v) is 14.6. The Hall–Kier alpha value is -2.94. The van der Waals surface area contributed by atoms with Crippen molar-refractivity contribution in [3.8, 4) is 0 Å².